The topological polar surface area (TPSA) is 75.9 Å². The van der Waals surface area contributed by atoms with Crippen molar-refractivity contribution >= 4 is 16.9 Å². The summed E-state index contributed by atoms with van der Waals surface area (Å²) in [6.45, 7) is 2.10. The zero-order valence-electron chi connectivity index (χ0n) is 13.4. The van der Waals surface area contributed by atoms with Crippen LogP contribution in [0.3, 0.4) is 0 Å². The molecule has 0 radical (unpaired) electrons. The molecule has 6 heteroatoms. The minimum atomic E-state index is 0.203. The van der Waals surface area contributed by atoms with E-state index in [-0.39, 0.29) is 12.6 Å². The molecule has 1 fully saturated rings. The number of aromatic nitrogens is 4. The van der Waals surface area contributed by atoms with Crippen LogP contribution in [0.4, 0.5) is 5.82 Å². The van der Waals surface area contributed by atoms with Crippen LogP contribution >= 0.6 is 0 Å². The number of nitrogens with one attached hydrogen (secondary N) is 1. The van der Waals surface area contributed by atoms with E-state index in [1.165, 1.54) is 32.1 Å². The van der Waals surface area contributed by atoms with Crippen LogP contribution in [-0.4, -0.2) is 37.5 Å². The Kier molecular flexibility index (Phi) is 4.57. The summed E-state index contributed by atoms with van der Waals surface area (Å²) >= 11 is 0. The number of aryl methyl sites for hydroxylation is 2. The Hall–Kier alpha value is -1.69. The van der Waals surface area contributed by atoms with Crippen LogP contribution < -0.4 is 5.32 Å². The van der Waals surface area contributed by atoms with Crippen molar-refractivity contribution in [3.63, 3.8) is 0 Å². The Balaban J connectivity index is 1.88. The zero-order chi connectivity index (χ0) is 15.5. The van der Waals surface area contributed by atoms with Gasteiger partial charge in [0.1, 0.15) is 11.6 Å². The van der Waals surface area contributed by atoms with E-state index in [0.29, 0.717) is 5.92 Å². The highest BCUT2D eigenvalue weighted by Gasteiger charge is 2.24. The van der Waals surface area contributed by atoms with E-state index in [0.717, 1.165) is 29.1 Å². The first-order chi connectivity index (χ1) is 10.7. The predicted molar refractivity (Wildman–Crippen MR) is 86.7 cm³/mol. The van der Waals surface area contributed by atoms with Gasteiger partial charge in [-0.25, -0.2) is 9.97 Å². The maximum Gasteiger partial charge on any atom is 0.163 e. The van der Waals surface area contributed by atoms with Gasteiger partial charge >= 0.3 is 0 Å². The van der Waals surface area contributed by atoms with Gasteiger partial charge in [-0.1, -0.05) is 19.3 Å². The average molecular weight is 303 g/mol. The summed E-state index contributed by atoms with van der Waals surface area (Å²) in [5, 5.41) is 18.2. The fourth-order valence-electron chi connectivity index (χ4n) is 3.52. The summed E-state index contributed by atoms with van der Waals surface area (Å²) in [6, 6.07) is 0.267. The molecule has 2 aromatic heterocycles. The van der Waals surface area contributed by atoms with Crippen molar-refractivity contribution in [3.05, 3.63) is 12.0 Å². The van der Waals surface area contributed by atoms with E-state index in [1.54, 1.807) is 4.68 Å². The van der Waals surface area contributed by atoms with Gasteiger partial charge in [0.05, 0.1) is 11.6 Å². The zero-order valence-corrected chi connectivity index (χ0v) is 13.4. The number of fused-ring (bicyclic) bond motifs is 1. The number of aliphatic hydroxyl groups is 1. The van der Waals surface area contributed by atoms with Gasteiger partial charge in [-0.05, 0) is 32.1 Å². The first-order valence-electron chi connectivity index (χ1n) is 8.23. The molecule has 0 bridgehead atoms. The lowest BCUT2D eigenvalue weighted by Gasteiger charge is -2.31. The van der Waals surface area contributed by atoms with Crippen LogP contribution in [-0.2, 0) is 7.05 Å². The third-order valence-electron chi connectivity index (χ3n) is 4.68. The van der Waals surface area contributed by atoms with Crippen LogP contribution in [0.25, 0.3) is 11.0 Å². The van der Waals surface area contributed by atoms with E-state index < -0.39 is 0 Å². The summed E-state index contributed by atoms with van der Waals surface area (Å²) in [4.78, 5) is 9.04. The summed E-state index contributed by atoms with van der Waals surface area (Å²) in [5.41, 5.74) is 0.849. The third-order valence-corrected chi connectivity index (χ3v) is 4.68. The highest BCUT2D eigenvalue weighted by Crippen LogP contribution is 2.30. The second-order valence-corrected chi connectivity index (χ2v) is 6.29. The second kappa shape index (κ2) is 6.60. The highest BCUT2D eigenvalue weighted by molar-refractivity contribution is 5.86. The molecule has 0 saturated heterocycles. The van der Waals surface area contributed by atoms with Crippen molar-refractivity contribution in [1.29, 1.82) is 0 Å². The summed E-state index contributed by atoms with van der Waals surface area (Å²) in [5.74, 6) is 2.20. The first kappa shape index (κ1) is 15.2. The Morgan fingerprint density at radius 1 is 1.32 bits per heavy atom. The van der Waals surface area contributed by atoms with E-state index >= 15 is 0 Å². The molecule has 120 valence electrons. The standard InChI is InChI=1S/C16H25N5O/c1-11-18-15(13-10-17-21(2)16(13)19-11)20-14(8-9-22)12-6-4-3-5-7-12/h10,12,14,22H,3-9H2,1-2H3,(H,18,19,20). The Labute approximate surface area is 131 Å². The van der Waals surface area contributed by atoms with Gasteiger partial charge < -0.3 is 10.4 Å². The lowest BCUT2D eigenvalue weighted by Crippen LogP contribution is -2.32. The summed E-state index contributed by atoms with van der Waals surface area (Å²) in [7, 11) is 1.89. The van der Waals surface area contributed by atoms with Crippen molar-refractivity contribution in [2.75, 3.05) is 11.9 Å². The smallest absolute Gasteiger partial charge is 0.163 e. The van der Waals surface area contributed by atoms with Gasteiger partial charge in [0.25, 0.3) is 0 Å². The van der Waals surface area contributed by atoms with Gasteiger partial charge in [0.2, 0.25) is 0 Å². The molecule has 2 aromatic rings. The molecule has 0 spiro atoms. The van der Waals surface area contributed by atoms with E-state index in [1.807, 2.05) is 20.2 Å². The molecule has 3 rings (SSSR count). The molecule has 1 aliphatic rings. The van der Waals surface area contributed by atoms with Crippen molar-refractivity contribution in [2.24, 2.45) is 13.0 Å². The molecule has 1 atom stereocenters. The fourth-order valence-corrected chi connectivity index (χ4v) is 3.52. The summed E-state index contributed by atoms with van der Waals surface area (Å²) in [6.07, 6.45) is 8.96. The number of hydrogen-bond donors (Lipinski definition) is 2. The van der Waals surface area contributed by atoms with Gasteiger partial charge in [0.15, 0.2) is 5.65 Å². The molecule has 0 aliphatic heterocycles. The lowest BCUT2D eigenvalue weighted by atomic mass is 9.82. The molecular formula is C16H25N5O. The van der Waals surface area contributed by atoms with Crippen molar-refractivity contribution in [1.82, 2.24) is 19.7 Å². The van der Waals surface area contributed by atoms with E-state index in [4.69, 9.17) is 0 Å². The minimum absolute atomic E-state index is 0.203. The molecule has 1 unspecified atom stereocenters. The van der Waals surface area contributed by atoms with Gasteiger partial charge in [-0.3, -0.25) is 4.68 Å². The Morgan fingerprint density at radius 3 is 2.82 bits per heavy atom. The molecule has 6 nitrogen and oxygen atoms in total. The molecule has 0 amide bonds. The Morgan fingerprint density at radius 2 is 2.09 bits per heavy atom. The van der Waals surface area contributed by atoms with Crippen LogP contribution in [0.2, 0.25) is 0 Å². The third kappa shape index (κ3) is 3.06. The monoisotopic (exact) mass is 303 g/mol. The molecule has 1 saturated carbocycles. The number of nitrogens with zero attached hydrogens (tertiary/aromatic N) is 4. The second-order valence-electron chi connectivity index (χ2n) is 6.29. The van der Waals surface area contributed by atoms with E-state index in [2.05, 4.69) is 20.4 Å². The highest BCUT2D eigenvalue weighted by atomic mass is 16.3. The van der Waals surface area contributed by atoms with Crippen LogP contribution in [0.1, 0.15) is 44.3 Å². The average Bonchev–Trinajstić information content (AvgIpc) is 2.89. The molecule has 0 aromatic carbocycles. The Bertz CT molecular complexity index is 633. The van der Waals surface area contributed by atoms with Crippen LogP contribution in [0, 0.1) is 12.8 Å². The molecule has 1 aliphatic carbocycles. The predicted octanol–water partition coefficient (Wildman–Crippen LogP) is 2.41. The number of hydrogen-bond acceptors (Lipinski definition) is 5. The maximum absolute atomic E-state index is 9.43. The normalized spacial score (nSPS) is 17.8. The lowest BCUT2D eigenvalue weighted by molar-refractivity contribution is 0.239. The first-order valence-corrected chi connectivity index (χ1v) is 8.23. The van der Waals surface area contributed by atoms with Crippen LogP contribution in [0.5, 0.6) is 0 Å². The number of aliphatic hydroxyl groups excluding tert-OH is 1. The molecule has 22 heavy (non-hydrogen) atoms. The summed E-state index contributed by atoms with van der Waals surface area (Å²) < 4.78 is 1.77. The van der Waals surface area contributed by atoms with Gasteiger partial charge in [-0.2, -0.15) is 5.10 Å². The molecular weight excluding hydrogens is 278 g/mol. The number of rotatable bonds is 5. The van der Waals surface area contributed by atoms with Crippen molar-refractivity contribution in [3.8, 4) is 0 Å². The maximum atomic E-state index is 9.43. The van der Waals surface area contributed by atoms with Crippen LogP contribution in [0.15, 0.2) is 6.20 Å². The van der Waals surface area contributed by atoms with Gasteiger partial charge in [-0.15, -0.1) is 0 Å². The van der Waals surface area contributed by atoms with Crippen molar-refractivity contribution < 1.29 is 5.11 Å². The molecule has 2 N–H and O–H groups in total. The van der Waals surface area contributed by atoms with E-state index in [9.17, 15) is 5.11 Å². The van der Waals surface area contributed by atoms with Gasteiger partial charge in [0, 0.05) is 19.7 Å². The number of anilines is 1. The quantitative estimate of drug-likeness (QED) is 0.887. The molecule has 2 heterocycles. The largest absolute Gasteiger partial charge is 0.396 e. The minimum Gasteiger partial charge on any atom is -0.396 e. The van der Waals surface area contributed by atoms with Crippen molar-refractivity contribution in [2.45, 2.75) is 51.5 Å². The SMILES string of the molecule is Cc1nc(NC(CCO)C2CCCCC2)c2cnn(C)c2n1. The fraction of sp³-hybridized carbons (Fsp3) is 0.688.